The normalized spacial score (nSPS) is 9.79. The van der Waals surface area contributed by atoms with Gasteiger partial charge in [0.1, 0.15) is 6.61 Å². The van der Waals surface area contributed by atoms with E-state index in [4.69, 9.17) is 21.9 Å². The number of aliphatic hydroxyl groups is 1. The zero-order valence-corrected chi connectivity index (χ0v) is 13.0. The van der Waals surface area contributed by atoms with Crippen molar-refractivity contribution in [1.29, 1.82) is 0 Å². The van der Waals surface area contributed by atoms with E-state index in [-0.39, 0.29) is 6.61 Å². The molecule has 15 heteroatoms. The van der Waals surface area contributed by atoms with E-state index in [1.54, 1.807) is 0 Å². The van der Waals surface area contributed by atoms with Gasteiger partial charge in [0.2, 0.25) is 0 Å². The summed E-state index contributed by atoms with van der Waals surface area (Å²) >= 11 is -1.50. The predicted octanol–water partition coefficient (Wildman–Crippen LogP) is 1.03. The van der Waals surface area contributed by atoms with Gasteiger partial charge in [0.05, 0.1) is 0 Å². The molecule has 0 aliphatic rings. The smallest absolute Gasteiger partial charge is 0.335 e. The summed E-state index contributed by atoms with van der Waals surface area (Å²) in [5, 5.41) is 9.04. The second kappa shape index (κ2) is 16.2. The number of nitrogens with zero attached hydrogens (tertiary/aromatic N) is 2. The minimum absolute atomic E-state index is 0.203. The number of rotatable bonds is 2. The molecule has 0 spiro atoms. The number of hydrogen-bond donors (Lipinski definition) is 1. The number of pyridine rings is 1. The van der Waals surface area contributed by atoms with Gasteiger partial charge in [-0.1, -0.05) is 6.07 Å². The maximum Gasteiger partial charge on any atom is 0.335 e. The summed E-state index contributed by atoms with van der Waals surface area (Å²) in [6, 6.07) is 5.83. The molecule has 1 heterocycles. The van der Waals surface area contributed by atoms with Crippen LogP contribution in [-0.4, -0.2) is 41.1 Å². The Morgan fingerprint density at radius 2 is 1.17 bits per heavy atom. The van der Waals surface area contributed by atoms with Gasteiger partial charge in [-0.3, -0.25) is 0 Å². The maximum atomic E-state index is 10.7. The van der Waals surface area contributed by atoms with Crippen LogP contribution < -0.4 is 4.57 Å². The van der Waals surface area contributed by atoms with Crippen LogP contribution in [0.25, 0.3) is 5.32 Å². The Morgan fingerprint density at radius 3 is 1.38 bits per heavy atom. The second-order valence-corrected chi connectivity index (χ2v) is 3.29. The summed E-state index contributed by atoms with van der Waals surface area (Å²) in [4.78, 5) is 0. The summed E-state index contributed by atoms with van der Waals surface area (Å²) in [6.45, 7) is 0.884. The van der Waals surface area contributed by atoms with Crippen LogP contribution in [0.5, 0.6) is 0 Å². The lowest BCUT2D eigenvalue weighted by molar-refractivity contribution is -0.698. The highest BCUT2D eigenvalue weighted by Crippen LogP contribution is 2.34. The fourth-order valence-corrected chi connectivity index (χ4v) is 0.843. The van der Waals surface area contributed by atoms with Crippen molar-refractivity contribution in [3.05, 3.63) is 35.9 Å². The molecule has 0 aromatic carbocycles. The van der Waals surface area contributed by atoms with Crippen LogP contribution in [0, 0.1) is 0 Å². The zero-order chi connectivity index (χ0) is 19.6. The first-order valence-corrected chi connectivity index (χ1v) is 6.56. The molecule has 140 valence electrons. The first-order valence-electron chi connectivity index (χ1n) is 5.23. The lowest BCUT2D eigenvalue weighted by atomic mass is 10.5. The molecule has 0 radical (unpaired) electrons. The van der Waals surface area contributed by atoms with Crippen LogP contribution in [0.4, 0.5) is 26.3 Å². The van der Waals surface area contributed by atoms with Gasteiger partial charge in [-0.25, -0.2) is 4.57 Å². The summed E-state index contributed by atoms with van der Waals surface area (Å²) in [7, 11) is 0. The van der Waals surface area contributed by atoms with E-state index in [0.29, 0.717) is 11.9 Å². The van der Waals surface area contributed by atoms with Crippen molar-refractivity contribution in [1.82, 2.24) is 0 Å². The molecule has 0 fully saturated rings. The third-order valence-corrected chi connectivity index (χ3v) is 1.39. The topological polar surface area (TPSA) is 106 Å². The Bertz CT molecular complexity index is 463. The molecular weight excluding hydrogens is 394 g/mol. The molecule has 0 atom stereocenters. The van der Waals surface area contributed by atoms with Crippen molar-refractivity contribution in [2.75, 3.05) is 6.61 Å². The standard InChI is InChI=1S/C7H10NO.C2F6N.2O2S/c9-7-6-8-4-2-1-3-5-8;3-1(4,5)9-2(6,7)8;2*1-3-2/h1-5,9H,6-7H2;;;/q+1;-1;;. The van der Waals surface area contributed by atoms with Crippen LogP contribution in [-0.2, 0) is 29.7 Å². The van der Waals surface area contributed by atoms with Gasteiger partial charge in [-0.15, -0.1) is 0 Å². The highest BCUT2D eigenvalue weighted by Gasteiger charge is 2.27. The Morgan fingerprint density at radius 1 is 0.833 bits per heavy atom. The van der Waals surface area contributed by atoms with Gasteiger partial charge in [-0.2, -0.15) is 43.2 Å². The summed E-state index contributed by atoms with van der Waals surface area (Å²) < 4.78 is 99.1. The summed E-state index contributed by atoms with van der Waals surface area (Å²) in [5.41, 5.74) is 0. The summed E-state index contributed by atoms with van der Waals surface area (Å²) in [5.74, 6) is 0. The molecule has 1 aromatic heterocycles. The van der Waals surface area contributed by atoms with Gasteiger partial charge in [0.25, 0.3) is 0 Å². The van der Waals surface area contributed by atoms with Crippen LogP contribution in [0.1, 0.15) is 0 Å². The number of alkyl halides is 6. The lowest BCUT2D eigenvalue weighted by Crippen LogP contribution is -2.33. The quantitative estimate of drug-likeness (QED) is 0.450. The lowest BCUT2D eigenvalue weighted by Gasteiger charge is -2.26. The fraction of sp³-hybridized carbons (Fsp3) is 0.444. The fourth-order valence-electron chi connectivity index (χ4n) is 0.843. The highest BCUT2D eigenvalue weighted by atomic mass is 32.1. The molecule has 0 aliphatic heterocycles. The van der Waals surface area contributed by atoms with Gasteiger partial charge in [-0.05, 0) is 0 Å². The van der Waals surface area contributed by atoms with Gasteiger partial charge in [0, 0.05) is 12.1 Å². The number of halogens is 6. The SMILES string of the molecule is FC(F)(F)[N-]C(F)(F)F.O=S=O.O=S=O.OCC[n+]1ccccc1. The Kier molecular flexibility index (Phi) is 18.3. The Balaban J connectivity index is -0.000000278. The monoisotopic (exact) mass is 404 g/mol. The summed E-state index contributed by atoms with van der Waals surface area (Å²) in [6.07, 6.45) is -7.18. The first-order chi connectivity index (χ1) is 11.0. The minimum Gasteiger partial charge on any atom is -0.478 e. The van der Waals surface area contributed by atoms with Crippen LogP contribution in [0.15, 0.2) is 30.6 Å². The van der Waals surface area contributed by atoms with Crippen molar-refractivity contribution in [2.45, 2.75) is 19.1 Å². The third-order valence-electron chi connectivity index (χ3n) is 1.39. The molecule has 0 bridgehead atoms. The molecular formula is C9H10F6N2O5S2. The van der Waals surface area contributed by atoms with Gasteiger partial charge in [0.15, 0.2) is 18.9 Å². The van der Waals surface area contributed by atoms with E-state index in [1.807, 2.05) is 35.2 Å². The predicted molar refractivity (Wildman–Crippen MR) is 67.0 cm³/mol. The molecule has 0 unspecified atom stereocenters. The zero-order valence-electron chi connectivity index (χ0n) is 11.4. The average molecular weight is 404 g/mol. The molecule has 1 rings (SSSR count). The van der Waals surface area contributed by atoms with Gasteiger partial charge >= 0.3 is 35.7 Å². The largest absolute Gasteiger partial charge is 0.478 e. The van der Waals surface area contributed by atoms with Crippen LogP contribution in [0.3, 0.4) is 0 Å². The van der Waals surface area contributed by atoms with Crippen molar-refractivity contribution in [2.24, 2.45) is 0 Å². The molecule has 24 heavy (non-hydrogen) atoms. The molecule has 0 aliphatic carbocycles. The molecule has 0 amide bonds. The number of aliphatic hydroxyl groups excluding tert-OH is 1. The number of hydrogen-bond acceptors (Lipinski definition) is 5. The van der Waals surface area contributed by atoms with E-state index in [0.717, 1.165) is 0 Å². The second-order valence-electron chi connectivity index (χ2n) is 3.02. The Hall–Kier alpha value is -1.71. The molecule has 0 saturated carbocycles. The van der Waals surface area contributed by atoms with E-state index in [1.165, 1.54) is 0 Å². The maximum absolute atomic E-state index is 10.7. The third kappa shape index (κ3) is 32.3. The molecule has 0 saturated heterocycles. The Labute approximate surface area is 138 Å². The van der Waals surface area contributed by atoms with Crippen LogP contribution in [0.2, 0.25) is 0 Å². The highest BCUT2D eigenvalue weighted by molar-refractivity contribution is 7.51. The van der Waals surface area contributed by atoms with Crippen molar-refractivity contribution in [3.63, 3.8) is 0 Å². The average Bonchev–Trinajstić information content (AvgIpc) is 2.38. The minimum atomic E-state index is -5.52. The van der Waals surface area contributed by atoms with E-state index < -0.39 is 35.7 Å². The van der Waals surface area contributed by atoms with Crippen molar-refractivity contribution < 1.29 is 52.9 Å². The molecule has 1 aromatic rings. The van der Waals surface area contributed by atoms with Crippen molar-refractivity contribution in [3.8, 4) is 0 Å². The van der Waals surface area contributed by atoms with E-state index >= 15 is 0 Å². The van der Waals surface area contributed by atoms with Crippen molar-refractivity contribution >= 4 is 23.1 Å². The number of aromatic nitrogens is 1. The van der Waals surface area contributed by atoms with Gasteiger partial charge < -0.3 is 10.4 Å². The van der Waals surface area contributed by atoms with E-state index in [9.17, 15) is 26.3 Å². The molecule has 7 nitrogen and oxygen atoms in total. The first kappa shape index (κ1) is 27.2. The van der Waals surface area contributed by atoms with Crippen LogP contribution >= 0.6 is 0 Å². The van der Waals surface area contributed by atoms with E-state index in [2.05, 4.69) is 0 Å². The molecule has 1 N–H and O–H groups in total.